The number of aromatic amines is 1. The minimum absolute atomic E-state index is 0.0227. The number of H-pyrrole nitrogens is 1. The van der Waals surface area contributed by atoms with E-state index in [9.17, 15) is 13.2 Å². The largest absolute Gasteiger partial charge is 0.478 e. The fourth-order valence-electron chi connectivity index (χ4n) is 1.52. The minimum atomic E-state index is -3.78. The molecule has 0 radical (unpaired) electrons. The zero-order valence-corrected chi connectivity index (χ0v) is 12.8. The molecule has 0 amide bonds. The molecular weight excluding hydrogens is 356 g/mol. The van der Waals surface area contributed by atoms with Gasteiger partial charge in [-0.25, -0.2) is 13.2 Å². The number of carboxylic acids is 1. The number of rotatable bonds is 4. The molecule has 0 saturated carbocycles. The van der Waals surface area contributed by atoms with Gasteiger partial charge in [0.15, 0.2) is 0 Å². The smallest absolute Gasteiger partial charge is 0.339 e. The fourth-order valence-corrected chi connectivity index (χ4v) is 4.59. The third-order valence-corrected chi connectivity index (χ3v) is 5.83. The van der Waals surface area contributed by atoms with Gasteiger partial charge >= 0.3 is 5.97 Å². The molecular formula is C10H9BrN2O4S2. The highest BCUT2D eigenvalue weighted by Crippen LogP contribution is 2.29. The summed E-state index contributed by atoms with van der Waals surface area (Å²) in [6.45, 7) is 1.56. The lowest BCUT2D eigenvalue weighted by molar-refractivity contribution is 0.0697. The summed E-state index contributed by atoms with van der Waals surface area (Å²) in [6, 6.07) is 3.05. The SMILES string of the molecule is Cc1[nH]cc(NS(=O)(=O)c2ccc(Br)s2)c1C(=O)O. The summed E-state index contributed by atoms with van der Waals surface area (Å²) in [4.78, 5) is 13.8. The number of nitrogens with one attached hydrogen (secondary N) is 2. The molecule has 0 aliphatic heterocycles. The van der Waals surface area contributed by atoms with E-state index in [2.05, 4.69) is 25.6 Å². The second-order valence-electron chi connectivity index (χ2n) is 3.67. The number of carbonyl (C=O) groups is 1. The van der Waals surface area contributed by atoms with E-state index >= 15 is 0 Å². The van der Waals surface area contributed by atoms with Gasteiger partial charge in [-0.2, -0.15) is 0 Å². The van der Waals surface area contributed by atoms with Crippen LogP contribution in [0.25, 0.3) is 0 Å². The number of aromatic nitrogens is 1. The molecule has 0 aromatic carbocycles. The van der Waals surface area contributed by atoms with E-state index in [-0.39, 0.29) is 15.5 Å². The molecule has 2 aromatic heterocycles. The predicted octanol–water partition coefficient (Wildman–Crippen LogP) is 2.65. The number of anilines is 1. The van der Waals surface area contributed by atoms with Gasteiger partial charge in [0.1, 0.15) is 9.77 Å². The minimum Gasteiger partial charge on any atom is -0.478 e. The van der Waals surface area contributed by atoms with E-state index in [1.807, 2.05) is 0 Å². The van der Waals surface area contributed by atoms with Crippen LogP contribution >= 0.6 is 27.3 Å². The number of aryl methyl sites for hydroxylation is 1. The van der Waals surface area contributed by atoms with E-state index in [0.29, 0.717) is 9.48 Å². The Bertz CT molecular complexity index is 733. The van der Waals surface area contributed by atoms with Crippen LogP contribution in [0, 0.1) is 6.92 Å². The molecule has 9 heteroatoms. The number of hydrogen-bond donors (Lipinski definition) is 3. The van der Waals surface area contributed by atoms with Gasteiger partial charge in [-0.05, 0) is 35.0 Å². The monoisotopic (exact) mass is 364 g/mol. The first-order valence-corrected chi connectivity index (χ1v) is 8.10. The van der Waals surface area contributed by atoms with Crippen molar-refractivity contribution in [3.8, 4) is 0 Å². The number of halogens is 1. The van der Waals surface area contributed by atoms with Crippen molar-refractivity contribution in [2.75, 3.05) is 4.72 Å². The van der Waals surface area contributed by atoms with E-state index in [1.165, 1.54) is 12.3 Å². The lowest BCUT2D eigenvalue weighted by Crippen LogP contribution is -2.13. The van der Waals surface area contributed by atoms with Crippen LogP contribution in [0.1, 0.15) is 16.1 Å². The Morgan fingerprint density at radius 2 is 2.16 bits per heavy atom. The molecule has 102 valence electrons. The van der Waals surface area contributed by atoms with Gasteiger partial charge < -0.3 is 10.1 Å². The van der Waals surface area contributed by atoms with Gasteiger partial charge in [-0.15, -0.1) is 11.3 Å². The van der Waals surface area contributed by atoms with Crippen molar-refractivity contribution in [1.29, 1.82) is 0 Å². The number of aromatic carboxylic acids is 1. The van der Waals surface area contributed by atoms with E-state index in [1.54, 1.807) is 13.0 Å². The summed E-state index contributed by atoms with van der Waals surface area (Å²) in [5.74, 6) is -1.19. The van der Waals surface area contributed by atoms with Crippen LogP contribution in [-0.2, 0) is 10.0 Å². The first-order valence-electron chi connectivity index (χ1n) is 5.00. The number of hydrogen-bond acceptors (Lipinski definition) is 4. The van der Waals surface area contributed by atoms with E-state index < -0.39 is 16.0 Å². The van der Waals surface area contributed by atoms with Gasteiger partial charge in [-0.1, -0.05) is 0 Å². The van der Waals surface area contributed by atoms with E-state index in [0.717, 1.165) is 11.3 Å². The zero-order valence-electron chi connectivity index (χ0n) is 9.60. The fraction of sp³-hybridized carbons (Fsp3) is 0.100. The summed E-state index contributed by atoms with van der Waals surface area (Å²) in [5, 5.41) is 9.05. The predicted molar refractivity (Wildman–Crippen MR) is 75.3 cm³/mol. The maximum absolute atomic E-state index is 12.1. The van der Waals surface area contributed by atoms with E-state index in [4.69, 9.17) is 5.11 Å². The average Bonchev–Trinajstić information content (AvgIpc) is 2.85. The summed E-state index contributed by atoms with van der Waals surface area (Å²) in [7, 11) is -3.78. The van der Waals surface area contributed by atoms with Crippen LogP contribution in [-0.4, -0.2) is 24.5 Å². The zero-order chi connectivity index (χ0) is 14.2. The number of thiophene rings is 1. The lowest BCUT2D eigenvalue weighted by Gasteiger charge is -2.05. The second-order valence-corrected chi connectivity index (χ2v) is 8.04. The number of sulfonamides is 1. The van der Waals surface area contributed by atoms with Crippen LogP contribution < -0.4 is 4.72 Å². The highest BCUT2D eigenvalue weighted by Gasteiger charge is 2.22. The van der Waals surface area contributed by atoms with Crippen molar-refractivity contribution in [3.63, 3.8) is 0 Å². The lowest BCUT2D eigenvalue weighted by atomic mass is 10.2. The molecule has 19 heavy (non-hydrogen) atoms. The Morgan fingerprint density at radius 1 is 1.47 bits per heavy atom. The van der Waals surface area contributed by atoms with Crippen molar-refractivity contribution in [3.05, 3.63) is 33.4 Å². The maximum atomic E-state index is 12.1. The maximum Gasteiger partial charge on any atom is 0.339 e. The number of carboxylic acid groups (broad SMARTS) is 1. The van der Waals surface area contributed by atoms with Crippen LogP contribution in [0.2, 0.25) is 0 Å². The molecule has 2 aromatic rings. The summed E-state index contributed by atoms with van der Waals surface area (Å²) in [6.07, 6.45) is 1.32. The molecule has 0 aliphatic rings. The van der Waals surface area contributed by atoms with Crippen molar-refractivity contribution < 1.29 is 18.3 Å². The third kappa shape index (κ3) is 2.82. The standard InChI is InChI=1S/C10H9BrN2O4S2/c1-5-9(10(14)15)6(4-12-5)13-19(16,17)8-3-2-7(11)18-8/h2-4,12-13H,1H3,(H,14,15). The first kappa shape index (κ1) is 14.1. The van der Waals surface area contributed by atoms with Gasteiger partial charge in [0, 0.05) is 11.9 Å². The van der Waals surface area contributed by atoms with Crippen molar-refractivity contribution >= 4 is 48.9 Å². The van der Waals surface area contributed by atoms with Crippen LogP contribution in [0.4, 0.5) is 5.69 Å². The van der Waals surface area contributed by atoms with Gasteiger partial charge in [0.25, 0.3) is 10.0 Å². The molecule has 0 atom stereocenters. The van der Waals surface area contributed by atoms with Crippen molar-refractivity contribution in [2.45, 2.75) is 11.1 Å². The normalized spacial score (nSPS) is 11.5. The second kappa shape index (κ2) is 4.99. The Labute approximate surface area is 121 Å². The quantitative estimate of drug-likeness (QED) is 0.776. The first-order chi connectivity index (χ1) is 8.81. The molecule has 0 aliphatic carbocycles. The Kier molecular flexibility index (Phi) is 3.70. The average molecular weight is 365 g/mol. The molecule has 0 saturated heterocycles. The highest BCUT2D eigenvalue weighted by molar-refractivity contribution is 9.11. The summed E-state index contributed by atoms with van der Waals surface area (Å²) in [5.41, 5.74) is 0.325. The van der Waals surface area contributed by atoms with Crippen molar-refractivity contribution in [2.24, 2.45) is 0 Å². The Balaban J connectivity index is 2.39. The molecule has 2 heterocycles. The molecule has 6 nitrogen and oxygen atoms in total. The summed E-state index contributed by atoms with van der Waals surface area (Å²) >= 11 is 4.22. The molecule has 2 rings (SSSR count). The highest BCUT2D eigenvalue weighted by atomic mass is 79.9. The Morgan fingerprint density at radius 3 is 2.68 bits per heavy atom. The van der Waals surface area contributed by atoms with Gasteiger partial charge in [0.2, 0.25) is 0 Å². The molecule has 0 bridgehead atoms. The van der Waals surface area contributed by atoms with Gasteiger partial charge in [0.05, 0.1) is 9.47 Å². The van der Waals surface area contributed by atoms with Crippen LogP contribution in [0.3, 0.4) is 0 Å². The Hall–Kier alpha value is -1.32. The van der Waals surface area contributed by atoms with Gasteiger partial charge in [-0.3, -0.25) is 4.72 Å². The van der Waals surface area contributed by atoms with Crippen LogP contribution in [0.5, 0.6) is 0 Å². The molecule has 0 unspecified atom stereocenters. The van der Waals surface area contributed by atoms with Crippen LogP contribution in [0.15, 0.2) is 26.3 Å². The molecule has 0 spiro atoms. The topological polar surface area (TPSA) is 99.3 Å². The summed E-state index contributed by atoms with van der Waals surface area (Å²) < 4.78 is 27.2. The van der Waals surface area contributed by atoms with Crippen molar-refractivity contribution in [1.82, 2.24) is 4.98 Å². The molecule has 0 fully saturated rings. The third-order valence-electron chi connectivity index (χ3n) is 2.35. The molecule has 3 N–H and O–H groups in total.